The van der Waals surface area contributed by atoms with Crippen LogP contribution >= 0.6 is 0 Å². The van der Waals surface area contributed by atoms with Gasteiger partial charge in [0.25, 0.3) is 0 Å². The average molecular weight is 267 g/mol. The highest BCUT2D eigenvalue weighted by molar-refractivity contribution is 5.49. The predicted octanol–water partition coefficient (Wildman–Crippen LogP) is 2.63. The van der Waals surface area contributed by atoms with E-state index in [0.29, 0.717) is 11.7 Å². The van der Waals surface area contributed by atoms with Crippen LogP contribution in [-0.2, 0) is 0 Å². The fourth-order valence-corrected chi connectivity index (χ4v) is 2.40. The summed E-state index contributed by atoms with van der Waals surface area (Å²) < 4.78 is 13.5. The summed E-state index contributed by atoms with van der Waals surface area (Å²) in [6.45, 7) is 1.81. The minimum atomic E-state index is -0.799. The molecule has 0 bridgehead atoms. The van der Waals surface area contributed by atoms with Crippen molar-refractivity contribution in [1.29, 1.82) is 0 Å². The van der Waals surface area contributed by atoms with Crippen molar-refractivity contribution in [1.82, 2.24) is 4.90 Å². The second-order valence-corrected chi connectivity index (χ2v) is 4.93. The Bertz CT molecular complexity index is 467. The lowest BCUT2D eigenvalue weighted by atomic mass is 10.0. The van der Waals surface area contributed by atoms with E-state index in [1.165, 1.54) is 25.0 Å². The third-order valence-electron chi connectivity index (χ3n) is 3.61. The van der Waals surface area contributed by atoms with Gasteiger partial charge in [0.2, 0.25) is 5.82 Å². The molecule has 0 spiro atoms. The minimum absolute atomic E-state index is 0.437. The number of nitro groups is 1. The first-order valence-corrected chi connectivity index (χ1v) is 6.46. The van der Waals surface area contributed by atoms with Crippen molar-refractivity contribution in [3.8, 4) is 0 Å². The van der Waals surface area contributed by atoms with Gasteiger partial charge < -0.3 is 10.2 Å². The van der Waals surface area contributed by atoms with Crippen LogP contribution in [0.5, 0.6) is 0 Å². The van der Waals surface area contributed by atoms with Crippen molar-refractivity contribution < 1.29 is 9.31 Å². The molecule has 2 rings (SSSR count). The quantitative estimate of drug-likeness (QED) is 0.673. The molecule has 1 atom stereocenters. The van der Waals surface area contributed by atoms with Gasteiger partial charge in [0.15, 0.2) is 0 Å². The fourth-order valence-electron chi connectivity index (χ4n) is 2.40. The molecule has 1 fully saturated rings. The summed E-state index contributed by atoms with van der Waals surface area (Å²) in [5, 5.41) is 13.7. The van der Waals surface area contributed by atoms with Crippen LogP contribution in [0.4, 0.5) is 15.8 Å². The molecule has 0 aliphatic carbocycles. The third-order valence-corrected chi connectivity index (χ3v) is 3.61. The molecule has 6 heteroatoms. The van der Waals surface area contributed by atoms with E-state index in [1.807, 2.05) is 0 Å². The lowest BCUT2D eigenvalue weighted by Gasteiger charge is -2.32. The summed E-state index contributed by atoms with van der Waals surface area (Å²) in [7, 11) is 2.09. The highest BCUT2D eigenvalue weighted by Crippen LogP contribution is 2.21. The monoisotopic (exact) mass is 267 g/mol. The number of likely N-dealkylation sites (tertiary alicyclic amines) is 1. The van der Waals surface area contributed by atoms with Gasteiger partial charge in [-0.15, -0.1) is 0 Å². The molecule has 104 valence electrons. The molecule has 19 heavy (non-hydrogen) atoms. The van der Waals surface area contributed by atoms with E-state index in [4.69, 9.17) is 0 Å². The van der Waals surface area contributed by atoms with Crippen LogP contribution in [-0.4, -0.2) is 36.0 Å². The van der Waals surface area contributed by atoms with Crippen molar-refractivity contribution >= 4 is 11.4 Å². The van der Waals surface area contributed by atoms with E-state index in [1.54, 1.807) is 6.07 Å². The first-order chi connectivity index (χ1) is 9.08. The second-order valence-electron chi connectivity index (χ2n) is 4.93. The molecule has 1 heterocycles. The van der Waals surface area contributed by atoms with Gasteiger partial charge in [-0.1, -0.05) is 6.42 Å². The molecule has 0 amide bonds. The van der Waals surface area contributed by atoms with Gasteiger partial charge in [0.05, 0.1) is 4.92 Å². The Morgan fingerprint density at radius 2 is 2.32 bits per heavy atom. The van der Waals surface area contributed by atoms with Crippen molar-refractivity contribution in [2.24, 2.45) is 0 Å². The normalized spacial score (nSPS) is 20.2. The van der Waals surface area contributed by atoms with Crippen LogP contribution in [0.25, 0.3) is 0 Å². The maximum Gasteiger partial charge on any atom is 0.304 e. The lowest BCUT2D eigenvalue weighted by Crippen LogP contribution is -2.40. The molecular weight excluding hydrogens is 249 g/mol. The first-order valence-electron chi connectivity index (χ1n) is 6.46. The van der Waals surface area contributed by atoms with Gasteiger partial charge in [-0.2, -0.15) is 4.39 Å². The molecule has 0 radical (unpaired) electrons. The fraction of sp³-hybridized carbons (Fsp3) is 0.538. The number of nitrogens with zero attached hydrogens (tertiary/aromatic N) is 2. The molecule has 1 aromatic rings. The Kier molecular flexibility index (Phi) is 4.31. The molecule has 1 aliphatic heterocycles. The minimum Gasteiger partial charge on any atom is -0.383 e. The summed E-state index contributed by atoms with van der Waals surface area (Å²) in [6, 6.07) is 4.36. The maximum absolute atomic E-state index is 13.5. The topological polar surface area (TPSA) is 58.4 Å². The summed E-state index contributed by atoms with van der Waals surface area (Å²) in [4.78, 5) is 12.1. The van der Waals surface area contributed by atoms with Crippen LogP contribution in [0.15, 0.2) is 18.2 Å². The zero-order chi connectivity index (χ0) is 13.8. The Hall–Kier alpha value is -1.69. The molecule has 1 saturated heterocycles. The molecule has 1 unspecified atom stereocenters. The Balaban J connectivity index is 1.96. The zero-order valence-corrected chi connectivity index (χ0v) is 10.9. The number of nitrogens with one attached hydrogen (secondary N) is 1. The van der Waals surface area contributed by atoms with Crippen molar-refractivity contribution in [3.05, 3.63) is 34.1 Å². The van der Waals surface area contributed by atoms with Crippen LogP contribution in [0.2, 0.25) is 0 Å². The van der Waals surface area contributed by atoms with Gasteiger partial charge in [0, 0.05) is 30.4 Å². The Morgan fingerprint density at radius 1 is 1.53 bits per heavy atom. The van der Waals surface area contributed by atoms with E-state index in [9.17, 15) is 14.5 Å². The highest BCUT2D eigenvalue weighted by atomic mass is 19.1. The van der Waals surface area contributed by atoms with Crippen LogP contribution in [0.1, 0.15) is 19.3 Å². The van der Waals surface area contributed by atoms with Gasteiger partial charge in [-0.3, -0.25) is 10.1 Å². The molecule has 0 aromatic heterocycles. The van der Waals surface area contributed by atoms with E-state index in [2.05, 4.69) is 17.3 Å². The second kappa shape index (κ2) is 5.97. The number of hydrogen-bond donors (Lipinski definition) is 1. The van der Waals surface area contributed by atoms with Crippen molar-refractivity contribution in [2.45, 2.75) is 25.3 Å². The van der Waals surface area contributed by atoms with Crippen molar-refractivity contribution in [3.63, 3.8) is 0 Å². The smallest absolute Gasteiger partial charge is 0.304 e. The summed E-state index contributed by atoms with van der Waals surface area (Å²) in [6.07, 6.45) is 3.56. The number of rotatable bonds is 4. The molecule has 1 aliphatic rings. The summed E-state index contributed by atoms with van der Waals surface area (Å²) in [5.74, 6) is -0.799. The van der Waals surface area contributed by atoms with E-state index in [-0.39, 0.29) is 0 Å². The SMILES string of the molecule is CN1CCCCC1CNc1ccc([N+](=O)[O-])c(F)c1. The standard InChI is InChI=1S/C13H18FN3O2/c1-16-7-3-2-4-11(16)9-15-10-5-6-13(17(18)19)12(14)8-10/h5-6,8,11,15H,2-4,7,9H2,1H3. The molecule has 1 N–H and O–H groups in total. The maximum atomic E-state index is 13.5. The first kappa shape index (κ1) is 13.7. The Labute approximate surface area is 111 Å². The third kappa shape index (κ3) is 3.41. The Morgan fingerprint density at radius 3 is 2.95 bits per heavy atom. The number of likely N-dealkylation sites (N-methyl/N-ethyl adjacent to an activating group) is 1. The average Bonchev–Trinajstić information content (AvgIpc) is 2.37. The number of hydrogen-bond acceptors (Lipinski definition) is 4. The van der Waals surface area contributed by atoms with Crippen LogP contribution in [0, 0.1) is 15.9 Å². The van der Waals surface area contributed by atoms with Crippen molar-refractivity contribution in [2.75, 3.05) is 25.5 Å². The molecular formula is C13H18FN3O2. The number of halogens is 1. The number of benzene rings is 1. The molecule has 1 aromatic carbocycles. The van der Waals surface area contributed by atoms with Gasteiger partial charge in [0.1, 0.15) is 0 Å². The number of anilines is 1. The summed E-state index contributed by atoms with van der Waals surface area (Å²) >= 11 is 0. The van der Waals surface area contributed by atoms with Crippen LogP contribution < -0.4 is 5.32 Å². The van der Waals surface area contributed by atoms with E-state index < -0.39 is 16.4 Å². The predicted molar refractivity (Wildman–Crippen MR) is 71.8 cm³/mol. The lowest BCUT2D eigenvalue weighted by molar-refractivity contribution is -0.387. The largest absolute Gasteiger partial charge is 0.383 e. The zero-order valence-electron chi connectivity index (χ0n) is 10.9. The van der Waals surface area contributed by atoms with E-state index >= 15 is 0 Å². The molecule has 5 nitrogen and oxygen atoms in total. The summed E-state index contributed by atoms with van der Waals surface area (Å²) in [5.41, 5.74) is 0.0995. The van der Waals surface area contributed by atoms with Gasteiger partial charge in [-0.05, 0) is 32.5 Å². The number of nitro benzene ring substituents is 1. The van der Waals surface area contributed by atoms with Crippen LogP contribution in [0.3, 0.4) is 0 Å². The van der Waals surface area contributed by atoms with Gasteiger partial charge in [-0.25, -0.2) is 0 Å². The number of piperidine rings is 1. The van der Waals surface area contributed by atoms with Gasteiger partial charge >= 0.3 is 5.69 Å². The van der Waals surface area contributed by atoms with E-state index in [0.717, 1.165) is 19.5 Å². The molecule has 0 saturated carbocycles. The highest BCUT2D eigenvalue weighted by Gasteiger charge is 2.19.